The molecule has 0 atom stereocenters. The zero-order chi connectivity index (χ0) is 29.0. The molecule has 5 nitrogen and oxygen atoms in total. The van der Waals surface area contributed by atoms with Crippen molar-refractivity contribution >= 4 is 26.4 Å². The molecule has 0 aliphatic carbocycles. The molecule has 4 rings (SSSR count). The normalized spacial score (nSPS) is 12.4. The second-order valence-electron chi connectivity index (χ2n) is 8.72. The molecule has 0 spiro atoms. The molecule has 0 saturated carbocycles. The zero-order valence-electron chi connectivity index (χ0n) is 20.7. The van der Waals surface area contributed by atoms with Crippen LogP contribution in [-0.4, -0.2) is 33.0 Å². The maximum Gasteiger partial charge on any atom is 0.416 e. The molecule has 0 unspecified atom stereocenters. The Labute approximate surface area is 226 Å². The van der Waals surface area contributed by atoms with Crippen LogP contribution in [0.15, 0.2) is 96.2 Å². The number of pyridine rings is 1. The smallest absolute Gasteiger partial charge is 0.312 e. The van der Waals surface area contributed by atoms with E-state index in [2.05, 4.69) is 15.0 Å². The van der Waals surface area contributed by atoms with Gasteiger partial charge in [-0.25, -0.2) is 13.1 Å². The Bertz CT molecular complexity index is 1530. The fraction of sp³-hybridized carbons (Fsp3) is 0.179. The Hall–Kier alpha value is -3.74. The third kappa shape index (κ3) is 7.06. The summed E-state index contributed by atoms with van der Waals surface area (Å²) in [6.07, 6.45) is -4.38. The number of hydrogen-bond acceptors (Lipinski definition) is 4. The van der Waals surface area contributed by atoms with Crippen molar-refractivity contribution in [3.05, 3.63) is 114 Å². The summed E-state index contributed by atoms with van der Waals surface area (Å²) in [7, 11) is -3.83. The second-order valence-corrected chi connectivity index (χ2v) is 10.5. The van der Waals surface area contributed by atoms with Gasteiger partial charge in [0.15, 0.2) is 0 Å². The molecule has 0 amide bonds. The van der Waals surface area contributed by atoms with Crippen LogP contribution in [0, 0.1) is 0 Å². The maximum atomic E-state index is 13.0. The van der Waals surface area contributed by atoms with Crippen LogP contribution in [0.25, 0.3) is 16.3 Å². The van der Waals surface area contributed by atoms with Crippen LogP contribution < -0.4 is 10.0 Å². The standard InChI is InChI=1S/C28H23F6N3O2S/c29-27(30,31)22-8-4-19(5-9-22)24(20-6-10-23(11-7-20)28(32,33)34)12-14-35-16-17-37-40(38,39)26-3-1-2-21-18-36-15-13-25(21)26/h1-13,15,18,35,37H,14,16-17H2. The van der Waals surface area contributed by atoms with Crippen molar-refractivity contribution in [2.75, 3.05) is 19.6 Å². The molecular weight excluding hydrogens is 556 g/mol. The molecule has 12 heteroatoms. The van der Waals surface area contributed by atoms with E-state index in [9.17, 15) is 34.8 Å². The van der Waals surface area contributed by atoms with Crippen LogP contribution in [-0.2, 0) is 22.4 Å². The molecule has 0 aliphatic heterocycles. The van der Waals surface area contributed by atoms with E-state index in [0.717, 1.165) is 24.3 Å². The minimum absolute atomic E-state index is 0.0353. The summed E-state index contributed by atoms with van der Waals surface area (Å²) in [6, 6.07) is 15.1. The topological polar surface area (TPSA) is 71.1 Å². The molecule has 0 aliphatic rings. The molecule has 4 aromatic rings. The van der Waals surface area contributed by atoms with Gasteiger partial charge in [-0.2, -0.15) is 26.3 Å². The van der Waals surface area contributed by atoms with Crippen molar-refractivity contribution in [1.82, 2.24) is 15.0 Å². The van der Waals surface area contributed by atoms with Crippen LogP contribution >= 0.6 is 0 Å². The summed E-state index contributed by atoms with van der Waals surface area (Å²) in [4.78, 5) is 4.10. The number of alkyl halides is 6. The highest BCUT2D eigenvalue weighted by Gasteiger charge is 2.31. The number of sulfonamides is 1. The van der Waals surface area contributed by atoms with Crippen molar-refractivity contribution in [2.24, 2.45) is 0 Å². The lowest BCUT2D eigenvalue weighted by atomic mass is 9.95. The molecule has 210 valence electrons. The highest BCUT2D eigenvalue weighted by atomic mass is 32.2. The van der Waals surface area contributed by atoms with Gasteiger partial charge in [0.05, 0.1) is 16.0 Å². The number of aromatic nitrogens is 1. The first-order valence-corrected chi connectivity index (χ1v) is 13.4. The van der Waals surface area contributed by atoms with Crippen molar-refractivity contribution < 1.29 is 34.8 Å². The molecule has 40 heavy (non-hydrogen) atoms. The minimum atomic E-state index is -4.53. The van der Waals surface area contributed by atoms with Crippen LogP contribution in [0.2, 0.25) is 0 Å². The Morgan fingerprint density at radius 1 is 0.775 bits per heavy atom. The summed E-state index contributed by atoms with van der Waals surface area (Å²) in [6.45, 7) is 0.405. The van der Waals surface area contributed by atoms with E-state index < -0.39 is 33.5 Å². The average molecular weight is 580 g/mol. The van der Waals surface area contributed by atoms with Crippen LogP contribution in [0.3, 0.4) is 0 Å². The van der Waals surface area contributed by atoms with Crippen molar-refractivity contribution in [1.29, 1.82) is 0 Å². The second kappa shape index (κ2) is 11.8. The number of hydrogen-bond donors (Lipinski definition) is 2. The average Bonchev–Trinajstić information content (AvgIpc) is 2.91. The predicted octanol–water partition coefficient (Wildman–Crippen LogP) is 6.27. The van der Waals surface area contributed by atoms with E-state index >= 15 is 0 Å². The van der Waals surface area contributed by atoms with Gasteiger partial charge in [0.25, 0.3) is 0 Å². The quantitative estimate of drug-likeness (QED) is 0.181. The van der Waals surface area contributed by atoms with Crippen molar-refractivity contribution in [3.8, 4) is 0 Å². The third-order valence-electron chi connectivity index (χ3n) is 6.02. The lowest BCUT2D eigenvalue weighted by Gasteiger charge is -2.13. The maximum absolute atomic E-state index is 13.0. The first-order chi connectivity index (χ1) is 18.9. The number of nitrogens with zero attached hydrogens (tertiary/aromatic N) is 1. The van der Waals surface area contributed by atoms with Crippen molar-refractivity contribution in [2.45, 2.75) is 17.2 Å². The lowest BCUT2D eigenvalue weighted by molar-refractivity contribution is -0.138. The first kappa shape index (κ1) is 29.2. The first-order valence-electron chi connectivity index (χ1n) is 11.9. The van der Waals surface area contributed by atoms with Crippen LogP contribution in [0.4, 0.5) is 26.3 Å². The monoisotopic (exact) mass is 579 g/mol. The number of benzene rings is 3. The van der Waals surface area contributed by atoms with Gasteiger partial charge in [-0.15, -0.1) is 0 Å². The zero-order valence-corrected chi connectivity index (χ0v) is 21.5. The van der Waals surface area contributed by atoms with E-state index in [1.807, 2.05) is 0 Å². The van der Waals surface area contributed by atoms with Gasteiger partial charge in [0, 0.05) is 42.8 Å². The number of halogens is 6. The molecule has 1 aromatic heterocycles. The predicted molar refractivity (Wildman–Crippen MR) is 140 cm³/mol. The van der Waals surface area contributed by atoms with Gasteiger partial charge in [0.2, 0.25) is 10.0 Å². The van der Waals surface area contributed by atoms with Gasteiger partial charge < -0.3 is 5.32 Å². The Kier molecular flexibility index (Phi) is 8.62. The molecule has 0 fully saturated rings. The molecule has 0 bridgehead atoms. The molecule has 2 N–H and O–H groups in total. The van der Waals surface area contributed by atoms with Gasteiger partial charge in [-0.3, -0.25) is 4.98 Å². The van der Waals surface area contributed by atoms with E-state index in [-0.39, 0.29) is 24.5 Å². The number of fused-ring (bicyclic) bond motifs is 1. The Balaban J connectivity index is 1.46. The largest absolute Gasteiger partial charge is 0.416 e. The van der Waals surface area contributed by atoms with Crippen LogP contribution in [0.5, 0.6) is 0 Å². The summed E-state index contributed by atoms with van der Waals surface area (Å²) in [5.74, 6) is 0. The van der Waals surface area contributed by atoms with Crippen molar-refractivity contribution in [3.63, 3.8) is 0 Å². The Morgan fingerprint density at radius 3 is 1.90 bits per heavy atom. The molecular formula is C28H23F6N3O2S. The summed E-state index contributed by atoms with van der Waals surface area (Å²) in [5.41, 5.74) is -0.534. The summed E-state index contributed by atoms with van der Waals surface area (Å²) in [5, 5.41) is 4.21. The van der Waals surface area contributed by atoms with Gasteiger partial charge >= 0.3 is 12.4 Å². The van der Waals surface area contributed by atoms with Crippen LogP contribution in [0.1, 0.15) is 22.3 Å². The van der Waals surface area contributed by atoms with E-state index in [0.29, 0.717) is 27.5 Å². The highest BCUT2D eigenvalue weighted by molar-refractivity contribution is 7.89. The molecule has 0 saturated heterocycles. The van der Waals surface area contributed by atoms with Gasteiger partial charge in [0.1, 0.15) is 0 Å². The Morgan fingerprint density at radius 2 is 1.35 bits per heavy atom. The van der Waals surface area contributed by atoms with E-state index in [4.69, 9.17) is 0 Å². The molecule has 0 radical (unpaired) electrons. The summed E-state index contributed by atoms with van der Waals surface area (Å²) >= 11 is 0. The van der Waals surface area contributed by atoms with E-state index in [1.165, 1.54) is 36.5 Å². The lowest BCUT2D eigenvalue weighted by Crippen LogP contribution is -2.32. The van der Waals surface area contributed by atoms with Gasteiger partial charge in [-0.1, -0.05) is 42.5 Å². The fourth-order valence-corrected chi connectivity index (χ4v) is 5.29. The highest BCUT2D eigenvalue weighted by Crippen LogP contribution is 2.33. The minimum Gasteiger partial charge on any atom is -0.312 e. The SMILES string of the molecule is O=S(=O)(NCCNCC=C(c1ccc(C(F)(F)F)cc1)c1ccc(C(F)(F)F)cc1)c1cccc2cnccc12. The van der Waals surface area contributed by atoms with Gasteiger partial charge in [-0.05, 0) is 53.1 Å². The molecule has 1 heterocycles. The number of nitrogens with one attached hydrogen (secondary N) is 2. The summed E-state index contributed by atoms with van der Waals surface area (Å²) < 4.78 is 106. The number of rotatable bonds is 9. The fourth-order valence-electron chi connectivity index (χ4n) is 4.03. The molecule has 3 aromatic carbocycles. The third-order valence-corrected chi connectivity index (χ3v) is 7.54. The van der Waals surface area contributed by atoms with E-state index in [1.54, 1.807) is 30.5 Å².